The van der Waals surface area contributed by atoms with E-state index in [1.807, 2.05) is 11.8 Å². The Morgan fingerprint density at radius 1 is 0.925 bits per heavy atom. The van der Waals surface area contributed by atoms with Crippen molar-refractivity contribution in [3.05, 3.63) is 46.3 Å². The first-order chi connectivity index (χ1) is 18.6. The Bertz CT molecular complexity index is 1220. The van der Waals surface area contributed by atoms with Crippen LogP contribution in [0.5, 0.6) is 0 Å². The number of allylic oxidation sites excluding steroid dienone is 7. The summed E-state index contributed by atoms with van der Waals surface area (Å²) in [7, 11) is 0. The highest BCUT2D eigenvalue weighted by molar-refractivity contribution is 6.06. The summed E-state index contributed by atoms with van der Waals surface area (Å²) in [6.45, 7) is 17.4. The summed E-state index contributed by atoms with van der Waals surface area (Å²) >= 11 is 0. The maximum atomic E-state index is 13.5. The van der Waals surface area contributed by atoms with Crippen LogP contribution in [0.15, 0.2) is 46.3 Å². The number of carbonyl (C=O) groups is 2. The standard InChI is InChI=1S/C35H51NO4/c1-23-25-8-9-28-34(6,26(25)22-27(38)29(23)39)18-12-31(2,3)35(28,7)19-15-32(4)13-16-33(5,17-14-32)30(40)36-20-10-24(37)11-21-36/h8-9,22,24,37,39H,10-21H2,1-7H3/t32?,33?,34-,35+/m0/s1. The zero-order valence-electron chi connectivity index (χ0n) is 26.0. The van der Waals surface area contributed by atoms with Crippen molar-refractivity contribution in [2.45, 2.75) is 119 Å². The van der Waals surface area contributed by atoms with E-state index in [0.29, 0.717) is 37.4 Å². The summed E-state index contributed by atoms with van der Waals surface area (Å²) in [5, 5.41) is 20.2. The number of carbonyl (C=O) groups excluding carboxylic acids is 2. The molecule has 5 nitrogen and oxygen atoms in total. The molecule has 0 bridgehead atoms. The maximum Gasteiger partial charge on any atom is 0.228 e. The Hall–Kier alpha value is -2.14. The predicted octanol–water partition coefficient (Wildman–Crippen LogP) is 7.38. The van der Waals surface area contributed by atoms with Crippen LogP contribution in [-0.2, 0) is 9.59 Å². The fourth-order valence-corrected chi connectivity index (χ4v) is 8.57. The van der Waals surface area contributed by atoms with Crippen LogP contribution in [0.25, 0.3) is 0 Å². The van der Waals surface area contributed by atoms with Crippen LogP contribution in [-0.4, -0.2) is 46.0 Å². The van der Waals surface area contributed by atoms with Crippen molar-refractivity contribution >= 4 is 11.7 Å². The van der Waals surface area contributed by atoms with Gasteiger partial charge in [-0.25, -0.2) is 0 Å². The molecule has 0 aromatic heterocycles. The molecule has 1 amide bonds. The van der Waals surface area contributed by atoms with Gasteiger partial charge >= 0.3 is 0 Å². The number of likely N-dealkylation sites (tertiary alicyclic amines) is 1. The van der Waals surface area contributed by atoms with E-state index in [0.717, 1.165) is 62.5 Å². The van der Waals surface area contributed by atoms with E-state index in [9.17, 15) is 19.8 Å². The number of aliphatic hydroxyl groups excluding tert-OH is 2. The Kier molecular flexibility index (Phi) is 7.13. The van der Waals surface area contributed by atoms with Gasteiger partial charge in [0.25, 0.3) is 0 Å². The minimum Gasteiger partial charge on any atom is -0.504 e. The average molecular weight is 550 g/mol. The minimum absolute atomic E-state index is 0.0305. The lowest BCUT2D eigenvalue weighted by atomic mass is 9.44. The smallest absolute Gasteiger partial charge is 0.228 e. The van der Waals surface area contributed by atoms with Gasteiger partial charge in [-0.3, -0.25) is 9.59 Å². The molecule has 5 aliphatic rings. The minimum atomic E-state index is -0.293. The van der Waals surface area contributed by atoms with Crippen LogP contribution in [0.2, 0.25) is 0 Å². The molecule has 1 aliphatic heterocycles. The second-order valence-electron chi connectivity index (χ2n) is 15.5. The zero-order chi connectivity index (χ0) is 29.3. The SMILES string of the molecule is CC1=C(O)C(=O)C=C2C1=CC=C1[C@@]2(C)CCC(C)(C)[C@]1(C)CCC1(C)CCC(C)(C(=O)N2CCC(O)CC2)CC1. The van der Waals surface area contributed by atoms with Gasteiger partial charge in [-0.05, 0) is 105 Å². The molecule has 5 heteroatoms. The zero-order valence-corrected chi connectivity index (χ0v) is 26.0. The molecule has 4 aliphatic carbocycles. The van der Waals surface area contributed by atoms with Crippen LogP contribution in [0.1, 0.15) is 113 Å². The molecule has 3 fully saturated rings. The van der Waals surface area contributed by atoms with Gasteiger partial charge in [-0.15, -0.1) is 0 Å². The molecule has 0 aromatic carbocycles. The van der Waals surface area contributed by atoms with Gasteiger partial charge in [0.15, 0.2) is 5.76 Å². The first kappa shape index (κ1) is 29.4. The van der Waals surface area contributed by atoms with E-state index in [1.165, 1.54) is 5.57 Å². The number of hydrogen-bond acceptors (Lipinski definition) is 4. The molecule has 0 unspecified atom stereocenters. The molecule has 0 spiro atoms. The highest BCUT2D eigenvalue weighted by Crippen LogP contribution is 2.67. The van der Waals surface area contributed by atoms with Crippen molar-refractivity contribution in [3.63, 3.8) is 0 Å². The van der Waals surface area contributed by atoms with Crippen LogP contribution < -0.4 is 0 Å². The fourth-order valence-electron chi connectivity index (χ4n) is 8.57. The molecule has 1 heterocycles. The topological polar surface area (TPSA) is 77.8 Å². The molecular formula is C35H51NO4. The fraction of sp³-hybridized carbons (Fsp3) is 0.714. The molecule has 0 aromatic rings. The van der Waals surface area contributed by atoms with Gasteiger partial charge in [0.1, 0.15) is 0 Å². The van der Waals surface area contributed by atoms with E-state index < -0.39 is 0 Å². The van der Waals surface area contributed by atoms with Gasteiger partial charge < -0.3 is 15.1 Å². The van der Waals surface area contributed by atoms with Crippen molar-refractivity contribution < 1.29 is 19.8 Å². The molecule has 1 saturated heterocycles. The van der Waals surface area contributed by atoms with E-state index in [4.69, 9.17) is 0 Å². The Morgan fingerprint density at radius 2 is 1.55 bits per heavy atom. The third kappa shape index (κ3) is 4.55. The van der Waals surface area contributed by atoms with Crippen LogP contribution in [0.4, 0.5) is 0 Å². The maximum absolute atomic E-state index is 13.5. The third-order valence-corrected chi connectivity index (χ3v) is 12.6. The molecule has 0 radical (unpaired) electrons. The van der Waals surface area contributed by atoms with Gasteiger partial charge in [0, 0.05) is 29.5 Å². The number of rotatable bonds is 4. The second kappa shape index (κ2) is 9.71. The van der Waals surface area contributed by atoms with Gasteiger partial charge in [-0.2, -0.15) is 0 Å². The van der Waals surface area contributed by atoms with Crippen molar-refractivity contribution in [3.8, 4) is 0 Å². The number of fused-ring (bicyclic) bond motifs is 3. The summed E-state index contributed by atoms with van der Waals surface area (Å²) in [5.74, 6) is -0.104. The first-order valence-corrected chi connectivity index (χ1v) is 15.6. The Labute approximate surface area is 241 Å². The van der Waals surface area contributed by atoms with Crippen LogP contribution in [0, 0.1) is 27.1 Å². The summed E-state index contributed by atoms with van der Waals surface area (Å²) in [4.78, 5) is 28.2. The van der Waals surface area contributed by atoms with E-state index in [1.54, 1.807) is 6.08 Å². The molecule has 5 rings (SSSR count). The van der Waals surface area contributed by atoms with Crippen molar-refractivity contribution in [2.75, 3.05) is 13.1 Å². The number of hydrogen-bond donors (Lipinski definition) is 2. The molecule has 40 heavy (non-hydrogen) atoms. The largest absolute Gasteiger partial charge is 0.504 e. The highest BCUT2D eigenvalue weighted by Gasteiger charge is 2.56. The average Bonchev–Trinajstić information content (AvgIpc) is 2.91. The number of amides is 1. The molecular weight excluding hydrogens is 498 g/mol. The molecule has 2 N–H and O–H groups in total. The molecule has 2 atom stereocenters. The van der Waals surface area contributed by atoms with Crippen LogP contribution >= 0.6 is 0 Å². The Balaban J connectivity index is 1.34. The number of piperidine rings is 1. The van der Waals surface area contributed by atoms with E-state index >= 15 is 0 Å². The van der Waals surface area contributed by atoms with Gasteiger partial charge in [-0.1, -0.05) is 59.3 Å². The lowest BCUT2D eigenvalue weighted by Crippen LogP contribution is -2.50. The first-order valence-electron chi connectivity index (χ1n) is 15.6. The molecule has 220 valence electrons. The highest BCUT2D eigenvalue weighted by atomic mass is 16.3. The second-order valence-corrected chi connectivity index (χ2v) is 15.5. The monoisotopic (exact) mass is 549 g/mol. The summed E-state index contributed by atoms with van der Waals surface area (Å²) in [6.07, 6.45) is 15.5. The van der Waals surface area contributed by atoms with E-state index in [2.05, 4.69) is 53.7 Å². The van der Waals surface area contributed by atoms with E-state index in [-0.39, 0.29) is 44.7 Å². The number of aliphatic hydroxyl groups is 2. The lowest BCUT2D eigenvalue weighted by Gasteiger charge is -2.59. The third-order valence-electron chi connectivity index (χ3n) is 12.6. The summed E-state index contributed by atoms with van der Waals surface area (Å²) < 4.78 is 0. The van der Waals surface area contributed by atoms with Crippen LogP contribution in [0.3, 0.4) is 0 Å². The summed E-state index contributed by atoms with van der Waals surface area (Å²) in [5.41, 5.74) is 3.99. The van der Waals surface area contributed by atoms with Crippen molar-refractivity contribution in [1.29, 1.82) is 0 Å². The summed E-state index contributed by atoms with van der Waals surface area (Å²) in [6, 6.07) is 0. The van der Waals surface area contributed by atoms with Gasteiger partial charge in [0.2, 0.25) is 11.7 Å². The van der Waals surface area contributed by atoms with Crippen molar-refractivity contribution in [2.24, 2.45) is 27.1 Å². The Morgan fingerprint density at radius 3 is 2.17 bits per heavy atom. The quantitative estimate of drug-likeness (QED) is 0.384. The van der Waals surface area contributed by atoms with Gasteiger partial charge in [0.05, 0.1) is 6.10 Å². The lowest BCUT2D eigenvalue weighted by molar-refractivity contribution is -0.146. The number of ketones is 1. The number of nitrogens with zero attached hydrogens (tertiary/aromatic N) is 1. The normalized spacial score (nSPS) is 38.2. The predicted molar refractivity (Wildman–Crippen MR) is 160 cm³/mol. The van der Waals surface area contributed by atoms with Crippen molar-refractivity contribution in [1.82, 2.24) is 4.90 Å². The molecule has 2 saturated carbocycles.